The molecule has 2 atom stereocenters. The number of ether oxygens (including phenoxy) is 2. The Kier molecular flexibility index (Phi) is 4.65. The van der Waals surface area contributed by atoms with Crippen LogP contribution in [0.15, 0.2) is 12.2 Å². The Morgan fingerprint density at radius 3 is 2.92 bits per heavy atom. The lowest BCUT2D eigenvalue weighted by molar-refractivity contribution is -0.118. The number of halogens is 1. The fourth-order valence-electron chi connectivity index (χ4n) is 0.777. The molecule has 0 aliphatic carbocycles. The summed E-state index contributed by atoms with van der Waals surface area (Å²) in [6.07, 6.45) is 1.13. The summed E-state index contributed by atoms with van der Waals surface area (Å²) in [6.45, 7) is 0.339. The number of hydrogen-bond acceptors (Lipinski definition) is 4. The van der Waals surface area contributed by atoms with Crippen molar-refractivity contribution in [3.05, 3.63) is 12.2 Å². The van der Waals surface area contributed by atoms with E-state index >= 15 is 0 Å². The molecule has 0 fully saturated rings. The van der Waals surface area contributed by atoms with Crippen LogP contribution in [0.4, 0.5) is 4.79 Å². The Morgan fingerprint density at radius 2 is 2.42 bits per heavy atom. The third-order valence-electron chi connectivity index (χ3n) is 1.25. The zero-order valence-corrected chi connectivity index (χ0v) is 6.99. The first-order valence-electron chi connectivity index (χ1n) is 3.13. The first-order chi connectivity index (χ1) is 5.20. The number of carboxylic acid groups (broad SMARTS) is 1. The van der Waals surface area contributed by atoms with Crippen LogP contribution in [-0.4, -0.2) is 30.2 Å². The van der Waals surface area contributed by atoms with E-state index in [4.69, 9.17) is 15.6 Å². The SMILES string of the molecule is Cl.N[C@@H]1C=CCO[C@H]1OC(=O)O. The van der Waals surface area contributed by atoms with Crippen molar-refractivity contribution in [2.45, 2.75) is 12.3 Å². The number of rotatable bonds is 1. The fourth-order valence-corrected chi connectivity index (χ4v) is 0.777. The van der Waals surface area contributed by atoms with Crippen molar-refractivity contribution in [2.24, 2.45) is 5.73 Å². The summed E-state index contributed by atoms with van der Waals surface area (Å²) in [5.74, 6) is 0. The predicted octanol–water partition coefficient (Wildman–Crippen LogP) is 0.343. The van der Waals surface area contributed by atoms with Crippen LogP contribution in [0.25, 0.3) is 0 Å². The van der Waals surface area contributed by atoms with E-state index in [-0.39, 0.29) is 12.4 Å². The largest absolute Gasteiger partial charge is 0.508 e. The molecule has 1 aliphatic heterocycles. The molecule has 1 rings (SSSR count). The average molecular weight is 196 g/mol. The van der Waals surface area contributed by atoms with Crippen molar-refractivity contribution in [3.8, 4) is 0 Å². The van der Waals surface area contributed by atoms with Crippen molar-refractivity contribution >= 4 is 18.6 Å². The van der Waals surface area contributed by atoms with Crippen molar-refractivity contribution in [1.29, 1.82) is 0 Å². The summed E-state index contributed by atoms with van der Waals surface area (Å²) in [5.41, 5.74) is 5.43. The molecule has 0 saturated heterocycles. The second-order valence-electron chi connectivity index (χ2n) is 2.09. The Morgan fingerprint density at radius 1 is 1.75 bits per heavy atom. The lowest BCUT2D eigenvalue weighted by Crippen LogP contribution is -2.40. The van der Waals surface area contributed by atoms with Crippen molar-refractivity contribution in [2.75, 3.05) is 6.61 Å². The molecule has 0 aromatic rings. The minimum atomic E-state index is -1.37. The van der Waals surface area contributed by atoms with Gasteiger partial charge in [-0.2, -0.15) is 0 Å². The van der Waals surface area contributed by atoms with Gasteiger partial charge in [-0.3, -0.25) is 0 Å². The molecule has 0 radical (unpaired) electrons. The Balaban J connectivity index is 0.00000121. The standard InChI is InChI=1S/C6H9NO4.ClH/c7-4-2-1-3-10-5(4)11-6(8)9;/h1-2,4-5H,3,7H2,(H,8,9);1H/t4-,5+;/m1./s1. The highest BCUT2D eigenvalue weighted by Gasteiger charge is 2.22. The minimum absolute atomic E-state index is 0. The second kappa shape index (κ2) is 4.97. The van der Waals surface area contributed by atoms with Gasteiger partial charge in [-0.1, -0.05) is 12.2 Å². The molecule has 0 aromatic carbocycles. The summed E-state index contributed by atoms with van der Waals surface area (Å²) in [7, 11) is 0. The molecule has 0 unspecified atom stereocenters. The zero-order valence-electron chi connectivity index (χ0n) is 6.17. The van der Waals surface area contributed by atoms with Crippen molar-refractivity contribution in [3.63, 3.8) is 0 Å². The normalized spacial score (nSPS) is 27.4. The summed E-state index contributed by atoms with van der Waals surface area (Å²) in [4.78, 5) is 10.0. The zero-order chi connectivity index (χ0) is 8.27. The fraction of sp³-hybridized carbons (Fsp3) is 0.500. The molecule has 3 N–H and O–H groups in total. The van der Waals surface area contributed by atoms with Crippen LogP contribution in [-0.2, 0) is 9.47 Å². The lowest BCUT2D eigenvalue weighted by Gasteiger charge is -2.22. The predicted molar refractivity (Wildman–Crippen MR) is 43.2 cm³/mol. The number of nitrogens with two attached hydrogens (primary N) is 1. The van der Waals surface area contributed by atoms with Gasteiger partial charge in [-0.15, -0.1) is 12.4 Å². The van der Waals surface area contributed by atoms with E-state index in [1.54, 1.807) is 12.2 Å². The van der Waals surface area contributed by atoms with Gasteiger partial charge in [0, 0.05) is 0 Å². The highest BCUT2D eigenvalue weighted by molar-refractivity contribution is 5.85. The second-order valence-corrected chi connectivity index (χ2v) is 2.09. The van der Waals surface area contributed by atoms with E-state index in [9.17, 15) is 4.79 Å². The number of hydrogen-bond donors (Lipinski definition) is 2. The van der Waals surface area contributed by atoms with Gasteiger partial charge < -0.3 is 20.3 Å². The van der Waals surface area contributed by atoms with Gasteiger partial charge in [-0.25, -0.2) is 4.79 Å². The molecule has 1 heterocycles. The van der Waals surface area contributed by atoms with Crippen LogP contribution in [0.3, 0.4) is 0 Å². The third-order valence-corrected chi connectivity index (χ3v) is 1.25. The van der Waals surface area contributed by atoms with Crippen LogP contribution < -0.4 is 5.73 Å². The maximum atomic E-state index is 10.0. The van der Waals surface area contributed by atoms with E-state index in [1.807, 2.05) is 0 Å². The first kappa shape index (κ1) is 11.2. The lowest BCUT2D eigenvalue weighted by atomic mass is 10.2. The third kappa shape index (κ3) is 3.08. The molecule has 70 valence electrons. The van der Waals surface area contributed by atoms with Gasteiger partial charge in [0.2, 0.25) is 6.29 Å². The Bertz CT molecular complexity index is 184. The van der Waals surface area contributed by atoms with Gasteiger partial charge in [-0.05, 0) is 0 Å². The highest BCUT2D eigenvalue weighted by atomic mass is 35.5. The van der Waals surface area contributed by atoms with Crippen LogP contribution in [0.5, 0.6) is 0 Å². The smallest absolute Gasteiger partial charge is 0.450 e. The summed E-state index contributed by atoms with van der Waals surface area (Å²) in [6, 6.07) is -0.500. The van der Waals surface area contributed by atoms with Gasteiger partial charge in [0.25, 0.3) is 0 Å². The maximum Gasteiger partial charge on any atom is 0.508 e. The summed E-state index contributed by atoms with van der Waals surface area (Å²) in [5, 5.41) is 8.20. The van der Waals surface area contributed by atoms with E-state index in [1.165, 1.54) is 0 Å². The minimum Gasteiger partial charge on any atom is -0.450 e. The molecular formula is C6H10ClNO4. The molecule has 6 heteroatoms. The van der Waals surface area contributed by atoms with Crippen molar-refractivity contribution < 1.29 is 19.4 Å². The number of carbonyl (C=O) groups is 1. The maximum absolute atomic E-state index is 10.0. The molecule has 12 heavy (non-hydrogen) atoms. The molecule has 0 amide bonds. The van der Waals surface area contributed by atoms with Crippen LogP contribution in [0, 0.1) is 0 Å². The van der Waals surface area contributed by atoms with Gasteiger partial charge >= 0.3 is 6.16 Å². The van der Waals surface area contributed by atoms with Crippen LogP contribution in [0.2, 0.25) is 0 Å². The molecule has 0 aromatic heterocycles. The van der Waals surface area contributed by atoms with Crippen LogP contribution >= 0.6 is 12.4 Å². The van der Waals surface area contributed by atoms with Crippen LogP contribution in [0.1, 0.15) is 0 Å². The molecule has 5 nitrogen and oxygen atoms in total. The Labute approximate surface area is 75.5 Å². The monoisotopic (exact) mass is 195 g/mol. The molecule has 1 aliphatic rings. The topological polar surface area (TPSA) is 81.8 Å². The van der Waals surface area contributed by atoms with Crippen molar-refractivity contribution in [1.82, 2.24) is 0 Å². The average Bonchev–Trinajstić information content (AvgIpc) is 1.93. The van der Waals surface area contributed by atoms with Gasteiger partial charge in [0.15, 0.2) is 0 Å². The molecule has 0 bridgehead atoms. The Hall–Kier alpha value is -0.780. The van der Waals surface area contributed by atoms with E-state index in [0.717, 1.165) is 0 Å². The first-order valence-corrected chi connectivity index (χ1v) is 3.13. The quantitative estimate of drug-likeness (QED) is 0.466. The van der Waals surface area contributed by atoms with E-state index in [2.05, 4.69) is 4.74 Å². The molecule has 0 spiro atoms. The molecule has 0 saturated carbocycles. The molecular weight excluding hydrogens is 186 g/mol. The highest BCUT2D eigenvalue weighted by Crippen LogP contribution is 2.06. The van der Waals surface area contributed by atoms with E-state index in [0.29, 0.717) is 6.61 Å². The van der Waals surface area contributed by atoms with Gasteiger partial charge in [0.1, 0.15) is 0 Å². The van der Waals surface area contributed by atoms with Gasteiger partial charge in [0.05, 0.1) is 12.6 Å². The summed E-state index contributed by atoms with van der Waals surface area (Å²) >= 11 is 0. The van der Waals surface area contributed by atoms with E-state index < -0.39 is 18.5 Å². The summed E-state index contributed by atoms with van der Waals surface area (Å²) < 4.78 is 9.21.